The van der Waals surface area contributed by atoms with Crippen LogP contribution < -0.4 is 21.1 Å². The van der Waals surface area contributed by atoms with E-state index in [0.717, 1.165) is 48.9 Å². The van der Waals surface area contributed by atoms with E-state index in [-0.39, 0.29) is 29.7 Å². The average molecular weight is 489 g/mol. The van der Waals surface area contributed by atoms with Crippen molar-refractivity contribution in [3.63, 3.8) is 0 Å². The maximum absolute atomic E-state index is 13.8. The molecule has 1 aliphatic heterocycles. The first-order valence-electron chi connectivity index (χ1n) is 11.0. The molecule has 0 bridgehead atoms. The third kappa shape index (κ3) is 4.76. The van der Waals surface area contributed by atoms with E-state index in [4.69, 9.17) is 0 Å². The molecule has 1 atom stereocenters. The van der Waals surface area contributed by atoms with Gasteiger partial charge in [-0.3, -0.25) is 19.0 Å². The molecule has 178 valence electrons. The van der Waals surface area contributed by atoms with Gasteiger partial charge in [0.05, 0.1) is 11.6 Å². The Hall–Kier alpha value is -3.41. The maximum Gasteiger partial charge on any atom is 0.273 e. The Labute approximate surface area is 196 Å². The fourth-order valence-corrected chi connectivity index (χ4v) is 4.93. The van der Waals surface area contributed by atoms with Gasteiger partial charge in [0.15, 0.2) is 10.8 Å². The van der Waals surface area contributed by atoms with Crippen LogP contribution in [0.3, 0.4) is 0 Å². The summed E-state index contributed by atoms with van der Waals surface area (Å²) in [6, 6.07) is 3.11. The molecule has 3 heterocycles. The van der Waals surface area contributed by atoms with Gasteiger partial charge in [-0.25, -0.2) is 13.8 Å². The number of thiazole rings is 1. The molecular formula is C22H22F2N6O3S. The fourth-order valence-electron chi connectivity index (χ4n) is 3.93. The second-order valence-electron chi connectivity index (χ2n) is 8.57. The first-order chi connectivity index (χ1) is 16.4. The largest absolute Gasteiger partial charge is 0.353 e. The molecule has 9 nitrogen and oxygen atoms in total. The number of benzene rings is 1. The smallest absolute Gasteiger partial charge is 0.273 e. The lowest BCUT2D eigenvalue weighted by Gasteiger charge is -2.31. The zero-order chi connectivity index (χ0) is 23.8. The summed E-state index contributed by atoms with van der Waals surface area (Å²) in [6.45, 7) is 0.865. The minimum atomic E-state index is -0.910. The van der Waals surface area contributed by atoms with Crippen LogP contribution in [-0.4, -0.2) is 45.5 Å². The van der Waals surface area contributed by atoms with E-state index < -0.39 is 23.1 Å². The Morgan fingerprint density at radius 3 is 2.79 bits per heavy atom. The van der Waals surface area contributed by atoms with Crippen molar-refractivity contribution in [3.05, 3.63) is 46.5 Å². The lowest BCUT2D eigenvalue weighted by molar-refractivity contribution is -0.125. The zero-order valence-electron chi connectivity index (χ0n) is 18.1. The van der Waals surface area contributed by atoms with Crippen LogP contribution >= 0.6 is 11.3 Å². The van der Waals surface area contributed by atoms with Crippen molar-refractivity contribution in [2.45, 2.75) is 38.3 Å². The number of nitrogens with zero attached hydrogens (tertiary/aromatic N) is 4. The van der Waals surface area contributed by atoms with Crippen LogP contribution in [0.2, 0.25) is 0 Å². The van der Waals surface area contributed by atoms with Gasteiger partial charge in [0.25, 0.3) is 5.56 Å². The highest BCUT2D eigenvalue weighted by Crippen LogP contribution is 2.30. The number of nitrogens with one attached hydrogen (secondary N) is 2. The van der Waals surface area contributed by atoms with Crippen molar-refractivity contribution in [2.75, 3.05) is 23.3 Å². The summed E-state index contributed by atoms with van der Waals surface area (Å²) in [4.78, 5) is 48.4. The van der Waals surface area contributed by atoms with E-state index in [0.29, 0.717) is 28.5 Å². The molecule has 12 heteroatoms. The van der Waals surface area contributed by atoms with Gasteiger partial charge in [0.1, 0.15) is 29.2 Å². The standard InChI is InChI=1S/C22H22F2N6O3S/c23-13-3-6-16(15(24)8-13)27-17(31)10-30-11-25-19-18(21(30)33)34-22(28-19)29-7-1-2-12(9-29)20(32)26-14-4-5-14/h3,6,8,11-12,14H,1-2,4-5,7,9-10H2,(H,26,32)(H,27,31)/t12-/m0/s1. The summed E-state index contributed by atoms with van der Waals surface area (Å²) < 4.78 is 28.2. The predicted molar refractivity (Wildman–Crippen MR) is 123 cm³/mol. The van der Waals surface area contributed by atoms with Gasteiger partial charge in [-0.1, -0.05) is 11.3 Å². The molecule has 2 aliphatic rings. The maximum atomic E-state index is 13.8. The number of amides is 2. The third-order valence-corrected chi connectivity index (χ3v) is 6.97. The molecule has 0 unspecified atom stereocenters. The number of halogens is 2. The Balaban J connectivity index is 1.30. The summed E-state index contributed by atoms with van der Waals surface area (Å²) in [5, 5.41) is 5.99. The van der Waals surface area contributed by atoms with Gasteiger partial charge in [0, 0.05) is 25.2 Å². The summed E-state index contributed by atoms with van der Waals surface area (Å²) >= 11 is 1.17. The number of hydrogen-bond donors (Lipinski definition) is 2. The van der Waals surface area contributed by atoms with Crippen molar-refractivity contribution in [1.82, 2.24) is 19.9 Å². The van der Waals surface area contributed by atoms with Crippen LogP contribution in [0.5, 0.6) is 0 Å². The molecule has 2 amide bonds. The van der Waals surface area contributed by atoms with Crippen molar-refractivity contribution in [3.8, 4) is 0 Å². The van der Waals surface area contributed by atoms with E-state index in [9.17, 15) is 23.2 Å². The van der Waals surface area contributed by atoms with Crippen molar-refractivity contribution in [1.29, 1.82) is 0 Å². The molecule has 5 rings (SSSR count). The first-order valence-corrected chi connectivity index (χ1v) is 11.9. The summed E-state index contributed by atoms with van der Waals surface area (Å²) in [6.07, 6.45) is 4.95. The number of piperidine rings is 1. The molecule has 2 N–H and O–H groups in total. The fraction of sp³-hybridized carbons (Fsp3) is 0.409. The lowest BCUT2D eigenvalue weighted by atomic mass is 9.97. The molecule has 2 fully saturated rings. The second kappa shape index (κ2) is 9.09. The highest BCUT2D eigenvalue weighted by Gasteiger charge is 2.31. The SMILES string of the molecule is O=C(Cn1cnc2nc(N3CCC[C@H](C(=O)NC4CC4)C3)sc2c1=O)Nc1ccc(F)cc1F. The minimum Gasteiger partial charge on any atom is -0.353 e. The van der Waals surface area contributed by atoms with Crippen LogP contribution in [0.1, 0.15) is 25.7 Å². The number of carbonyl (C=O) groups excluding carboxylic acids is 2. The number of rotatable bonds is 6. The normalized spacial score (nSPS) is 18.2. The molecular weight excluding hydrogens is 466 g/mol. The topological polar surface area (TPSA) is 109 Å². The van der Waals surface area contributed by atoms with Gasteiger partial charge in [-0.15, -0.1) is 0 Å². The Morgan fingerprint density at radius 1 is 1.21 bits per heavy atom. The molecule has 0 spiro atoms. The minimum absolute atomic E-state index is 0.0670. The van der Waals surface area contributed by atoms with E-state index in [1.54, 1.807) is 0 Å². The van der Waals surface area contributed by atoms with Crippen LogP contribution in [0.15, 0.2) is 29.3 Å². The molecule has 1 saturated heterocycles. The zero-order valence-corrected chi connectivity index (χ0v) is 18.9. The van der Waals surface area contributed by atoms with E-state index >= 15 is 0 Å². The first kappa shape index (κ1) is 22.4. The molecule has 0 radical (unpaired) electrons. The van der Waals surface area contributed by atoms with Crippen LogP contribution in [0.25, 0.3) is 10.3 Å². The highest BCUT2D eigenvalue weighted by molar-refractivity contribution is 7.22. The van der Waals surface area contributed by atoms with Gasteiger partial charge in [-0.2, -0.15) is 4.98 Å². The molecule has 1 aliphatic carbocycles. The number of anilines is 2. The Kier molecular flexibility index (Phi) is 5.98. The number of hydrogen-bond acceptors (Lipinski definition) is 7. The molecule has 1 saturated carbocycles. The molecule has 34 heavy (non-hydrogen) atoms. The molecule has 1 aromatic carbocycles. The van der Waals surface area contributed by atoms with Crippen LogP contribution in [-0.2, 0) is 16.1 Å². The molecule has 2 aromatic heterocycles. The summed E-state index contributed by atoms with van der Waals surface area (Å²) in [7, 11) is 0. The quantitative estimate of drug-likeness (QED) is 0.551. The number of aromatic nitrogens is 3. The lowest BCUT2D eigenvalue weighted by Crippen LogP contribution is -2.43. The van der Waals surface area contributed by atoms with Crippen LogP contribution in [0, 0.1) is 17.6 Å². The van der Waals surface area contributed by atoms with Crippen molar-refractivity contribution >= 4 is 44.3 Å². The van der Waals surface area contributed by atoms with Gasteiger partial charge >= 0.3 is 0 Å². The van der Waals surface area contributed by atoms with Crippen molar-refractivity contribution < 1.29 is 18.4 Å². The van der Waals surface area contributed by atoms with Gasteiger partial charge in [-0.05, 0) is 37.8 Å². The third-order valence-electron chi connectivity index (χ3n) is 5.88. The number of carbonyl (C=O) groups is 2. The monoisotopic (exact) mass is 488 g/mol. The van der Waals surface area contributed by atoms with E-state index in [2.05, 4.69) is 20.6 Å². The second-order valence-corrected chi connectivity index (χ2v) is 9.54. The summed E-state index contributed by atoms with van der Waals surface area (Å²) in [5.74, 6) is -2.38. The Bertz CT molecular complexity index is 1320. The van der Waals surface area contributed by atoms with Gasteiger partial charge in [0.2, 0.25) is 11.8 Å². The van der Waals surface area contributed by atoms with E-state index in [1.165, 1.54) is 17.7 Å². The van der Waals surface area contributed by atoms with Gasteiger partial charge < -0.3 is 15.5 Å². The highest BCUT2D eigenvalue weighted by atomic mass is 32.1. The summed E-state index contributed by atoms with van der Waals surface area (Å²) in [5.41, 5.74) is -0.349. The number of fused-ring (bicyclic) bond motifs is 1. The van der Waals surface area contributed by atoms with Crippen LogP contribution in [0.4, 0.5) is 19.6 Å². The Morgan fingerprint density at radius 2 is 2.03 bits per heavy atom. The van der Waals surface area contributed by atoms with E-state index in [1.807, 2.05) is 4.90 Å². The average Bonchev–Trinajstić information content (AvgIpc) is 3.52. The predicted octanol–water partition coefficient (Wildman–Crippen LogP) is 2.26. The van der Waals surface area contributed by atoms with Crippen molar-refractivity contribution in [2.24, 2.45) is 5.92 Å². The molecule has 3 aromatic rings.